The molecule has 0 aromatic heterocycles. The summed E-state index contributed by atoms with van der Waals surface area (Å²) in [4.78, 5) is 21.3. The van der Waals surface area contributed by atoms with Gasteiger partial charge in [-0.25, -0.2) is 9.59 Å². The van der Waals surface area contributed by atoms with E-state index in [1.165, 1.54) is 12.1 Å². The van der Waals surface area contributed by atoms with Gasteiger partial charge in [0, 0.05) is 5.57 Å². The highest BCUT2D eigenvalue weighted by Gasteiger charge is 2.11. The van der Waals surface area contributed by atoms with E-state index in [1.807, 2.05) is 0 Å². The van der Waals surface area contributed by atoms with E-state index >= 15 is 0 Å². The van der Waals surface area contributed by atoms with Gasteiger partial charge in [-0.2, -0.15) is 0 Å². The molecule has 1 aromatic rings. The number of aryl methyl sites for hydroxylation is 1. The van der Waals surface area contributed by atoms with Crippen LogP contribution in [0.25, 0.3) is 0 Å². The van der Waals surface area contributed by atoms with Gasteiger partial charge in [-0.15, -0.1) is 0 Å². The molecular formula is C12H12O5. The maximum Gasteiger partial charge on any atom is 0.339 e. The molecule has 1 aromatic carbocycles. The Kier molecular flexibility index (Phi) is 3.87. The zero-order chi connectivity index (χ0) is 13.0. The van der Waals surface area contributed by atoms with Crippen molar-refractivity contribution in [2.45, 2.75) is 12.8 Å². The molecule has 0 fully saturated rings. The number of hydrogen-bond donors (Lipinski definition) is 3. The van der Waals surface area contributed by atoms with E-state index in [4.69, 9.17) is 10.2 Å². The van der Waals surface area contributed by atoms with Crippen LogP contribution < -0.4 is 0 Å². The molecular weight excluding hydrogens is 224 g/mol. The van der Waals surface area contributed by atoms with E-state index in [9.17, 15) is 14.7 Å². The van der Waals surface area contributed by atoms with Gasteiger partial charge in [-0.1, -0.05) is 12.6 Å². The number of benzene rings is 1. The Morgan fingerprint density at radius 1 is 1.24 bits per heavy atom. The Morgan fingerprint density at radius 2 is 1.88 bits per heavy atom. The van der Waals surface area contributed by atoms with Crippen LogP contribution in [0.1, 0.15) is 22.3 Å². The topological polar surface area (TPSA) is 94.8 Å². The Morgan fingerprint density at radius 3 is 2.41 bits per heavy atom. The highest BCUT2D eigenvalue weighted by atomic mass is 16.4. The molecule has 0 bridgehead atoms. The third kappa shape index (κ3) is 3.34. The number of carboxylic acids is 2. The van der Waals surface area contributed by atoms with Gasteiger partial charge in [-0.05, 0) is 30.5 Å². The molecule has 0 aliphatic carbocycles. The second-order valence-electron chi connectivity index (χ2n) is 3.57. The summed E-state index contributed by atoms with van der Waals surface area (Å²) >= 11 is 0. The fourth-order valence-corrected chi connectivity index (χ4v) is 1.31. The third-order valence-electron chi connectivity index (χ3n) is 2.31. The number of carbonyl (C=O) groups is 2. The fraction of sp³-hybridized carbons (Fsp3) is 0.167. The molecule has 90 valence electrons. The first-order valence-corrected chi connectivity index (χ1v) is 4.88. The average molecular weight is 236 g/mol. The molecule has 0 atom stereocenters. The molecule has 0 saturated heterocycles. The lowest BCUT2D eigenvalue weighted by Gasteiger charge is -2.04. The van der Waals surface area contributed by atoms with Crippen LogP contribution in [0.3, 0.4) is 0 Å². The van der Waals surface area contributed by atoms with Crippen molar-refractivity contribution in [3.63, 3.8) is 0 Å². The van der Waals surface area contributed by atoms with Gasteiger partial charge in [-0.3, -0.25) is 0 Å². The maximum absolute atomic E-state index is 10.7. The Labute approximate surface area is 97.6 Å². The predicted octanol–water partition coefficient (Wildman–Crippen LogP) is 1.66. The zero-order valence-corrected chi connectivity index (χ0v) is 9.01. The molecule has 5 heteroatoms. The summed E-state index contributed by atoms with van der Waals surface area (Å²) in [7, 11) is 0. The van der Waals surface area contributed by atoms with E-state index in [1.54, 1.807) is 6.07 Å². The Hall–Kier alpha value is -2.30. The normalized spacial score (nSPS) is 9.88. The molecule has 0 unspecified atom stereocenters. The van der Waals surface area contributed by atoms with Gasteiger partial charge in [0.15, 0.2) is 0 Å². The van der Waals surface area contributed by atoms with Crippen molar-refractivity contribution in [1.82, 2.24) is 0 Å². The lowest BCUT2D eigenvalue weighted by atomic mass is 10.0. The quantitative estimate of drug-likeness (QED) is 0.676. The molecule has 0 spiro atoms. The first-order chi connectivity index (χ1) is 7.91. The van der Waals surface area contributed by atoms with Crippen LogP contribution in [0.2, 0.25) is 0 Å². The van der Waals surface area contributed by atoms with Gasteiger partial charge in [0.1, 0.15) is 11.3 Å². The highest BCUT2D eigenvalue weighted by molar-refractivity contribution is 5.91. The summed E-state index contributed by atoms with van der Waals surface area (Å²) in [5, 5.41) is 26.7. The van der Waals surface area contributed by atoms with Crippen LogP contribution in [0.15, 0.2) is 30.4 Å². The molecule has 0 saturated carbocycles. The van der Waals surface area contributed by atoms with Crippen molar-refractivity contribution in [3.05, 3.63) is 41.5 Å². The number of carboxylic acid groups (broad SMARTS) is 2. The van der Waals surface area contributed by atoms with Crippen LogP contribution in [-0.4, -0.2) is 27.3 Å². The molecule has 0 radical (unpaired) electrons. The average Bonchev–Trinajstić information content (AvgIpc) is 2.26. The molecule has 1 rings (SSSR count). The minimum absolute atomic E-state index is 0.0648. The second kappa shape index (κ2) is 5.16. The first-order valence-electron chi connectivity index (χ1n) is 4.88. The summed E-state index contributed by atoms with van der Waals surface area (Å²) in [5.41, 5.74) is 0.515. The van der Waals surface area contributed by atoms with Crippen LogP contribution in [0.4, 0.5) is 0 Å². The number of aromatic hydroxyl groups is 1. The molecule has 3 N–H and O–H groups in total. The minimum atomic E-state index is -1.22. The number of hydrogen-bond acceptors (Lipinski definition) is 3. The smallest absolute Gasteiger partial charge is 0.339 e. The van der Waals surface area contributed by atoms with Crippen molar-refractivity contribution < 1.29 is 24.9 Å². The number of aromatic carboxylic acids is 1. The molecule has 0 amide bonds. The molecule has 0 aliphatic heterocycles. The molecule has 5 nitrogen and oxygen atoms in total. The maximum atomic E-state index is 10.7. The van der Waals surface area contributed by atoms with E-state index in [0.717, 1.165) is 0 Å². The SMILES string of the molecule is C=C(CCc1ccc(O)c(C(=O)O)c1)C(=O)O. The van der Waals surface area contributed by atoms with Crippen LogP contribution >= 0.6 is 0 Å². The molecule has 17 heavy (non-hydrogen) atoms. The first kappa shape index (κ1) is 12.8. The summed E-state index contributed by atoms with van der Waals surface area (Å²) in [5.74, 6) is -2.60. The van der Waals surface area contributed by atoms with E-state index in [-0.39, 0.29) is 23.3 Å². The summed E-state index contributed by atoms with van der Waals surface area (Å²) in [6.45, 7) is 3.38. The van der Waals surface area contributed by atoms with Crippen LogP contribution in [0.5, 0.6) is 5.75 Å². The highest BCUT2D eigenvalue weighted by Crippen LogP contribution is 2.20. The third-order valence-corrected chi connectivity index (χ3v) is 2.31. The summed E-state index contributed by atoms with van der Waals surface area (Å²) in [6.07, 6.45) is 0.602. The van der Waals surface area contributed by atoms with Gasteiger partial charge in [0.25, 0.3) is 0 Å². The van der Waals surface area contributed by atoms with E-state index in [2.05, 4.69) is 6.58 Å². The zero-order valence-electron chi connectivity index (χ0n) is 9.01. The Balaban J connectivity index is 2.80. The van der Waals surface area contributed by atoms with E-state index in [0.29, 0.717) is 12.0 Å². The van der Waals surface area contributed by atoms with Gasteiger partial charge < -0.3 is 15.3 Å². The largest absolute Gasteiger partial charge is 0.507 e. The lowest BCUT2D eigenvalue weighted by Crippen LogP contribution is -2.02. The predicted molar refractivity (Wildman–Crippen MR) is 60.2 cm³/mol. The van der Waals surface area contributed by atoms with Crippen molar-refractivity contribution in [2.75, 3.05) is 0 Å². The van der Waals surface area contributed by atoms with Crippen LogP contribution in [-0.2, 0) is 11.2 Å². The summed E-state index contributed by atoms with van der Waals surface area (Å²) in [6, 6.07) is 4.16. The van der Waals surface area contributed by atoms with Crippen molar-refractivity contribution >= 4 is 11.9 Å². The van der Waals surface area contributed by atoms with Gasteiger partial charge >= 0.3 is 11.9 Å². The molecule has 0 heterocycles. The second-order valence-corrected chi connectivity index (χ2v) is 3.57. The minimum Gasteiger partial charge on any atom is -0.507 e. The van der Waals surface area contributed by atoms with Crippen LogP contribution in [0, 0.1) is 0 Å². The number of rotatable bonds is 5. The Bertz CT molecular complexity index is 476. The van der Waals surface area contributed by atoms with Gasteiger partial charge in [0.2, 0.25) is 0 Å². The fourth-order valence-electron chi connectivity index (χ4n) is 1.31. The number of phenols is 1. The summed E-state index contributed by atoms with van der Waals surface area (Å²) < 4.78 is 0. The van der Waals surface area contributed by atoms with Crippen molar-refractivity contribution in [3.8, 4) is 5.75 Å². The van der Waals surface area contributed by atoms with Crippen molar-refractivity contribution in [1.29, 1.82) is 0 Å². The monoisotopic (exact) mass is 236 g/mol. The van der Waals surface area contributed by atoms with Gasteiger partial charge in [0.05, 0.1) is 0 Å². The number of aliphatic carboxylic acids is 1. The molecule has 0 aliphatic rings. The van der Waals surface area contributed by atoms with E-state index < -0.39 is 11.9 Å². The standard InChI is InChI=1S/C12H12O5/c1-7(11(14)15)2-3-8-4-5-10(13)9(6-8)12(16)17/h4-6,13H,1-3H2,(H,14,15)(H,16,17). The lowest BCUT2D eigenvalue weighted by molar-refractivity contribution is -0.132. The van der Waals surface area contributed by atoms with Crippen molar-refractivity contribution in [2.24, 2.45) is 0 Å².